The van der Waals surface area contributed by atoms with Crippen LogP contribution in [-0.2, 0) is 11.8 Å². The van der Waals surface area contributed by atoms with Crippen LogP contribution < -0.4 is 0 Å². The van der Waals surface area contributed by atoms with Crippen LogP contribution in [0.3, 0.4) is 0 Å². The van der Waals surface area contributed by atoms with E-state index in [4.69, 9.17) is 0 Å². The number of benzene rings is 2. The van der Waals surface area contributed by atoms with E-state index in [1.165, 1.54) is 27.8 Å². The molecule has 0 heterocycles. The van der Waals surface area contributed by atoms with Crippen molar-refractivity contribution in [1.82, 2.24) is 0 Å². The Labute approximate surface area is 109 Å². The SMILES string of the molecule is C=CCc1cccc2c1-c1ccccc1C2(C)C. The first-order valence-electron chi connectivity index (χ1n) is 6.49. The highest BCUT2D eigenvalue weighted by atomic mass is 14.4. The second kappa shape index (κ2) is 3.84. The third kappa shape index (κ3) is 1.38. The van der Waals surface area contributed by atoms with Gasteiger partial charge in [-0.1, -0.05) is 62.4 Å². The van der Waals surface area contributed by atoms with Crippen molar-refractivity contribution in [3.8, 4) is 11.1 Å². The smallest absolute Gasteiger partial charge is 0.0158 e. The first kappa shape index (κ1) is 11.3. The van der Waals surface area contributed by atoms with Crippen LogP contribution in [0.15, 0.2) is 55.1 Å². The number of rotatable bonds is 2. The van der Waals surface area contributed by atoms with Crippen LogP contribution >= 0.6 is 0 Å². The molecule has 0 unspecified atom stereocenters. The molecule has 0 amide bonds. The lowest BCUT2D eigenvalue weighted by molar-refractivity contribution is 0.660. The Kier molecular flexibility index (Phi) is 2.41. The molecule has 2 aromatic rings. The van der Waals surface area contributed by atoms with Crippen LogP contribution in [0.2, 0.25) is 0 Å². The summed E-state index contributed by atoms with van der Waals surface area (Å²) in [5.74, 6) is 0. The predicted molar refractivity (Wildman–Crippen MR) is 77.9 cm³/mol. The number of hydrogen-bond acceptors (Lipinski definition) is 0. The van der Waals surface area contributed by atoms with Gasteiger partial charge in [0.2, 0.25) is 0 Å². The first-order chi connectivity index (χ1) is 8.66. The number of fused-ring (bicyclic) bond motifs is 3. The van der Waals surface area contributed by atoms with Crippen molar-refractivity contribution in [1.29, 1.82) is 0 Å². The zero-order valence-electron chi connectivity index (χ0n) is 11.0. The van der Waals surface area contributed by atoms with Gasteiger partial charge in [0, 0.05) is 5.41 Å². The summed E-state index contributed by atoms with van der Waals surface area (Å²) in [7, 11) is 0. The highest BCUT2D eigenvalue weighted by Crippen LogP contribution is 2.49. The molecular formula is C18H18. The fourth-order valence-electron chi connectivity index (χ4n) is 3.16. The molecule has 0 atom stereocenters. The van der Waals surface area contributed by atoms with Crippen LogP contribution in [0.5, 0.6) is 0 Å². The molecule has 3 rings (SSSR count). The van der Waals surface area contributed by atoms with Crippen molar-refractivity contribution in [2.24, 2.45) is 0 Å². The van der Waals surface area contributed by atoms with Gasteiger partial charge in [0.1, 0.15) is 0 Å². The fraction of sp³-hybridized carbons (Fsp3) is 0.222. The molecule has 0 aliphatic heterocycles. The number of hydrogen-bond donors (Lipinski definition) is 0. The highest BCUT2D eigenvalue weighted by Gasteiger charge is 2.35. The summed E-state index contributed by atoms with van der Waals surface area (Å²) in [6.07, 6.45) is 2.93. The summed E-state index contributed by atoms with van der Waals surface area (Å²) in [5.41, 5.74) is 7.22. The van der Waals surface area contributed by atoms with E-state index in [9.17, 15) is 0 Å². The van der Waals surface area contributed by atoms with E-state index in [0.29, 0.717) is 0 Å². The molecule has 0 heteroatoms. The van der Waals surface area contributed by atoms with Crippen LogP contribution in [0.1, 0.15) is 30.5 Å². The average Bonchev–Trinajstić information content (AvgIpc) is 2.61. The highest BCUT2D eigenvalue weighted by molar-refractivity contribution is 5.83. The van der Waals surface area contributed by atoms with Gasteiger partial charge in [-0.3, -0.25) is 0 Å². The maximum absolute atomic E-state index is 3.87. The minimum Gasteiger partial charge on any atom is -0.103 e. The van der Waals surface area contributed by atoms with Crippen molar-refractivity contribution >= 4 is 0 Å². The Hall–Kier alpha value is -1.82. The van der Waals surface area contributed by atoms with Gasteiger partial charge in [-0.25, -0.2) is 0 Å². The van der Waals surface area contributed by atoms with Crippen LogP contribution in [0.25, 0.3) is 11.1 Å². The topological polar surface area (TPSA) is 0 Å². The average molecular weight is 234 g/mol. The van der Waals surface area contributed by atoms with Crippen LogP contribution in [-0.4, -0.2) is 0 Å². The summed E-state index contributed by atoms with van der Waals surface area (Å²) < 4.78 is 0. The van der Waals surface area contributed by atoms with E-state index >= 15 is 0 Å². The monoisotopic (exact) mass is 234 g/mol. The molecular weight excluding hydrogens is 216 g/mol. The van der Waals surface area contributed by atoms with Gasteiger partial charge >= 0.3 is 0 Å². The van der Waals surface area contributed by atoms with Crippen molar-refractivity contribution in [3.63, 3.8) is 0 Å². The van der Waals surface area contributed by atoms with Crippen LogP contribution in [0, 0.1) is 0 Å². The first-order valence-corrected chi connectivity index (χ1v) is 6.49. The molecule has 0 saturated carbocycles. The molecule has 0 saturated heterocycles. The zero-order chi connectivity index (χ0) is 12.8. The molecule has 90 valence electrons. The van der Waals surface area contributed by atoms with E-state index in [0.717, 1.165) is 6.42 Å². The molecule has 1 aliphatic rings. The Morgan fingerprint density at radius 3 is 2.50 bits per heavy atom. The van der Waals surface area contributed by atoms with Gasteiger partial charge in [0.15, 0.2) is 0 Å². The quantitative estimate of drug-likeness (QED) is 0.659. The standard InChI is InChI=1S/C18H18/c1-4-8-13-9-7-12-16-17(13)14-10-5-6-11-15(14)18(16,2)3/h4-7,9-12H,1,8H2,2-3H3. The summed E-state index contributed by atoms with van der Waals surface area (Å²) in [4.78, 5) is 0. The summed E-state index contributed by atoms with van der Waals surface area (Å²) in [5, 5.41) is 0. The van der Waals surface area contributed by atoms with Gasteiger partial charge in [-0.15, -0.1) is 6.58 Å². The minimum absolute atomic E-state index is 0.114. The second-order valence-corrected chi connectivity index (χ2v) is 5.50. The van der Waals surface area contributed by atoms with Gasteiger partial charge in [-0.05, 0) is 34.2 Å². The fourth-order valence-corrected chi connectivity index (χ4v) is 3.16. The van der Waals surface area contributed by atoms with E-state index in [1.54, 1.807) is 0 Å². The molecule has 1 aliphatic carbocycles. The second-order valence-electron chi connectivity index (χ2n) is 5.50. The molecule has 0 bridgehead atoms. The Bertz CT molecular complexity index is 618. The van der Waals surface area contributed by atoms with Crippen molar-refractivity contribution < 1.29 is 0 Å². The van der Waals surface area contributed by atoms with E-state index < -0.39 is 0 Å². The third-order valence-corrected chi connectivity index (χ3v) is 4.06. The molecule has 0 N–H and O–H groups in total. The van der Waals surface area contributed by atoms with E-state index in [-0.39, 0.29) is 5.41 Å². The molecule has 2 aromatic carbocycles. The zero-order valence-corrected chi connectivity index (χ0v) is 11.0. The lowest BCUT2D eigenvalue weighted by Crippen LogP contribution is -2.14. The van der Waals surface area contributed by atoms with Gasteiger partial charge in [-0.2, -0.15) is 0 Å². The normalized spacial score (nSPS) is 15.0. The Balaban J connectivity index is 2.36. The largest absolute Gasteiger partial charge is 0.103 e. The summed E-state index contributed by atoms with van der Waals surface area (Å²) in [6, 6.07) is 15.4. The van der Waals surface area contributed by atoms with Crippen molar-refractivity contribution in [3.05, 3.63) is 71.8 Å². The lowest BCUT2D eigenvalue weighted by Gasteiger charge is -2.21. The van der Waals surface area contributed by atoms with Crippen molar-refractivity contribution in [2.45, 2.75) is 25.7 Å². The molecule has 0 spiro atoms. The Morgan fingerprint density at radius 1 is 1.00 bits per heavy atom. The molecule has 0 fully saturated rings. The lowest BCUT2D eigenvalue weighted by atomic mass is 9.82. The molecule has 18 heavy (non-hydrogen) atoms. The summed E-state index contributed by atoms with van der Waals surface area (Å²) in [6.45, 7) is 8.50. The van der Waals surface area contributed by atoms with Crippen LogP contribution in [0.4, 0.5) is 0 Å². The maximum Gasteiger partial charge on any atom is 0.0158 e. The third-order valence-electron chi connectivity index (χ3n) is 4.06. The molecule has 0 aromatic heterocycles. The Morgan fingerprint density at radius 2 is 1.72 bits per heavy atom. The summed E-state index contributed by atoms with van der Waals surface area (Å²) >= 11 is 0. The van der Waals surface area contributed by atoms with Crippen molar-refractivity contribution in [2.75, 3.05) is 0 Å². The van der Waals surface area contributed by atoms with E-state index in [1.807, 2.05) is 6.08 Å². The molecule has 0 radical (unpaired) electrons. The minimum atomic E-state index is 0.114. The van der Waals surface area contributed by atoms with Gasteiger partial charge < -0.3 is 0 Å². The van der Waals surface area contributed by atoms with E-state index in [2.05, 4.69) is 62.9 Å². The predicted octanol–water partition coefficient (Wildman–Crippen LogP) is 4.72. The number of allylic oxidation sites excluding steroid dienone is 1. The molecule has 0 nitrogen and oxygen atoms in total. The van der Waals surface area contributed by atoms with Gasteiger partial charge in [0.25, 0.3) is 0 Å². The maximum atomic E-state index is 3.87. The van der Waals surface area contributed by atoms with Gasteiger partial charge in [0.05, 0.1) is 0 Å².